The van der Waals surface area contributed by atoms with Crippen molar-refractivity contribution in [2.45, 2.75) is 13.8 Å². The van der Waals surface area contributed by atoms with E-state index in [1.165, 1.54) is 0 Å². The highest BCUT2D eigenvalue weighted by Gasteiger charge is 2.12. The van der Waals surface area contributed by atoms with Crippen LogP contribution in [0.2, 0.25) is 0 Å². The summed E-state index contributed by atoms with van der Waals surface area (Å²) in [5.41, 5.74) is 4.48. The van der Waals surface area contributed by atoms with Crippen LogP contribution >= 0.6 is 0 Å². The van der Waals surface area contributed by atoms with Gasteiger partial charge in [-0.1, -0.05) is 17.3 Å². The van der Waals surface area contributed by atoms with E-state index in [0.29, 0.717) is 34.0 Å². The van der Waals surface area contributed by atoms with Gasteiger partial charge < -0.3 is 5.21 Å². The number of aryl methyl sites for hydroxylation is 1. The van der Waals surface area contributed by atoms with Crippen molar-refractivity contribution in [3.05, 3.63) is 71.7 Å². The van der Waals surface area contributed by atoms with Crippen LogP contribution < -0.4 is 0 Å². The number of benzene rings is 1. The van der Waals surface area contributed by atoms with Gasteiger partial charge in [0.2, 0.25) is 0 Å². The molecule has 0 amide bonds. The zero-order valence-corrected chi connectivity index (χ0v) is 15.3. The number of aromatic nitrogens is 4. The lowest BCUT2D eigenvalue weighted by molar-refractivity contribution is 0.319. The van der Waals surface area contributed by atoms with Crippen molar-refractivity contribution in [3.63, 3.8) is 0 Å². The summed E-state index contributed by atoms with van der Waals surface area (Å²) >= 11 is 0. The highest BCUT2D eigenvalue weighted by molar-refractivity contribution is 5.97. The molecule has 0 atom stereocenters. The third kappa shape index (κ3) is 3.08. The third-order valence-corrected chi connectivity index (χ3v) is 4.42. The van der Waals surface area contributed by atoms with Crippen molar-refractivity contribution >= 4 is 16.6 Å². The Morgan fingerprint density at radius 3 is 2.71 bits per heavy atom. The number of nitriles is 1. The third-order valence-electron chi connectivity index (χ3n) is 4.42. The maximum absolute atomic E-state index is 9.64. The molecule has 28 heavy (non-hydrogen) atoms. The lowest BCUT2D eigenvalue weighted by Crippen LogP contribution is -1.99. The van der Waals surface area contributed by atoms with Crippen LogP contribution in [0.25, 0.3) is 28.0 Å². The number of nitrogens with zero attached hydrogens (tertiary/aromatic N) is 6. The summed E-state index contributed by atoms with van der Waals surface area (Å²) in [6, 6.07) is 17.1. The summed E-state index contributed by atoms with van der Waals surface area (Å²) in [6.07, 6.45) is 1.81. The molecule has 0 fully saturated rings. The van der Waals surface area contributed by atoms with E-state index in [1.807, 2.05) is 49.5 Å². The second-order valence-electron chi connectivity index (χ2n) is 6.37. The molecule has 0 bridgehead atoms. The fraction of sp³-hybridized carbons (Fsp3) is 0.0952. The van der Waals surface area contributed by atoms with Crippen LogP contribution in [0.1, 0.15) is 23.9 Å². The molecule has 0 saturated carbocycles. The molecular formula is C21H16N6O. The Morgan fingerprint density at radius 1 is 1.14 bits per heavy atom. The van der Waals surface area contributed by atoms with E-state index in [9.17, 15) is 5.26 Å². The van der Waals surface area contributed by atoms with E-state index in [4.69, 9.17) is 5.21 Å². The number of fused-ring (bicyclic) bond motifs is 1. The van der Waals surface area contributed by atoms with Crippen molar-refractivity contribution in [2.24, 2.45) is 5.16 Å². The summed E-state index contributed by atoms with van der Waals surface area (Å²) < 4.78 is 1.68. The number of hydrogen-bond donors (Lipinski definition) is 1. The van der Waals surface area contributed by atoms with Crippen LogP contribution in [-0.4, -0.2) is 30.7 Å². The summed E-state index contributed by atoms with van der Waals surface area (Å²) in [4.78, 5) is 9.01. The molecule has 0 unspecified atom stereocenters. The van der Waals surface area contributed by atoms with Gasteiger partial charge >= 0.3 is 0 Å². The molecule has 0 radical (unpaired) electrons. The summed E-state index contributed by atoms with van der Waals surface area (Å²) in [5, 5.41) is 27.2. The summed E-state index contributed by atoms with van der Waals surface area (Å²) in [5.74, 6) is 0.691. The van der Waals surface area contributed by atoms with Gasteiger partial charge in [0.15, 0.2) is 5.82 Å². The van der Waals surface area contributed by atoms with Crippen molar-refractivity contribution in [2.75, 3.05) is 0 Å². The molecular weight excluding hydrogens is 352 g/mol. The molecule has 1 N–H and O–H groups in total. The largest absolute Gasteiger partial charge is 0.411 e. The molecule has 1 aromatic carbocycles. The van der Waals surface area contributed by atoms with Gasteiger partial charge in [0.05, 0.1) is 28.5 Å². The standard InChI is InChI=1S/C21H16N6O/c1-13-5-3-8-21(23-13)27-12-17-16(11-22)9-15(10-20(17)25-27)19-7-4-6-18(24-19)14(2)26-28/h3-10,12,28H,1-2H3. The van der Waals surface area contributed by atoms with Crippen LogP contribution in [0.5, 0.6) is 0 Å². The van der Waals surface area contributed by atoms with Gasteiger partial charge in [-0.25, -0.2) is 14.6 Å². The zero-order valence-electron chi connectivity index (χ0n) is 15.3. The monoisotopic (exact) mass is 368 g/mol. The molecule has 3 heterocycles. The molecule has 0 spiro atoms. The van der Waals surface area contributed by atoms with Crippen molar-refractivity contribution in [1.29, 1.82) is 5.26 Å². The Balaban J connectivity index is 1.87. The Hall–Kier alpha value is -4.05. The van der Waals surface area contributed by atoms with E-state index in [1.54, 1.807) is 23.7 Å². The predicted octanol–water partition coefficient (Wildman–Crippen LogP) is 3.86. The van der Waals surface area contributed by atoms with Crippen molar-refractivity contribution in [1.82, 2.24) is 19.7 Å². The smallest absolute Gasteiger partial charge is 0.153 e. The molecule has 7 nitrogen and oxygen atoms in total. The molecule has 4 aromatic rings. The van der Waals surface area contributed by atoms with Crippen molar-refractivity contribution < 1.29 is 5.21 Å². The maximum atomic E-state index is 9.64. The van der Waals surface area contributed by atoms with E-state index in [-0.39, 0.29) is 0 Å². The molecule has 136 valence electrons. The first-order valence-electron chi connectivity index (χ1n) is 8.63. The lowest BCUT2D eigenvalue weighted by Gasteiger charge is -2.05. The predicted molar refractivity (Wildman–Crippen MR) is 106 cm³/mol. The van der Waals surface area contributed by atoms with Gasteiger partial charge in [0.25, 0.3) is 0 Å². The van der Waals surface area contributed by atoms with Gasteiger partial charge in [0, 0.05) is 22.8 Å². The van der Waals surface area contributed by atoms with Gasteiger partial charge in [-0.15, -0.1) is 0 Å². The number of hydrogen-bond acceptors (Lipinski definition) is 6. The minimum atomic E-state index is 0.415. The van der Waals surface area contributed by atoms with E-state index < -0.39 is 0 Å². The first kappa shape index (κ1) is 17.4. The first-order chi connectivity index (χ1) is 13.6. The molecule has 7 heteroatoms. The Kier molecular flexibility index (Phi) is 4.30. The number of pyridine rings is 2. The number of oxime groups is 1. The quantitative estimate of drug-likeness (QED) is 0.336. The fourth-order valence-corrected chi connectivity index (χ4v) is 2.99. The van der Waals surface area contributed by atoms with Gasteiger partial charge in [-0.2, -0.15) is 10.4 Å². The Labute approximate surface area is 161 Å². The summed E-state index contributed by atoms with van der Waals surface area (Å²) in [7, 11) is 0. The van der Waals surface area contributed by atoms with E-state index in [0.717, 1.165) is 16.6 Å². The molecule has 0 aliphatic heterocycles. The second kappa shape index (κ2) is 6.93. The average Bonchev–Trinajstić information content (AvgIpc) is 3.17. The van der Waals surface area contributed by atoms with Crippen molar-refractivity contribution in [3.8, 4) is 23.1 Å². The van der Waals surface area contributed by atoms with Crippen LogP contribution in [0, 0.1) is 18.3 Å². The normalized spacial score (nSPS) is 11.5. The molecule has 0 aliphatic carbocycles. The molecule has 0 aliphatic rings. The first-order valence-corrected chi connectivity index (χ1v) is 8.63. The maximum Gasteiger partial charge on any atom is 0.153 e. The minimum absolute atomic E-state index is 0.415. The van der Waals surface area contributed by atoms with E-state index >= 15 is 0 Å². The topological polar surface area (TPSA) is 100.0 Å². The SMILES string of the molecule is CC(=NO)c1cccc(-c2cc(C#N)c3cn(-c4cccc(C)n4)nc3c2)n1. The average molecular weight is 368 g/mol. The van der Waals surface area contributed by atoms with Gasteiger partial charge in [-0.05, 0) is 50.2 Å². The minimum Gasteiger partial charge on any atom is -0.411 e. The number of rotatable bonds is 3. The highest BCUT2D eigenvalue weighted by atomic mass is 16.4. The van der Waals surface area contributed by atoms with Crippen LogP contribution in [0.15, 0.2) is 59.9 Å². The van der Waals surface area contributed by atoms with Crippen LogP contribution in [0.4, 0.5) is 0 Å². The Bertz CT molecular complexity index is 1270. The second-order valence-corrected chi connectivity index (χ2v) is 6.37. The lowest BCUT2D eigenvalue weighted by atomic mass is 10.0. The molecule has 3 aromatic heterocycles. The molecule has 0 saturated heterocycles. The van der Waals surface area contributed by atoms with Gasteiger partial charge in [-0.3, -0.25) is 0 Å². The molecule has 4 rings (SSSR count). The summed E-state index contributed by atoms with van der Waals surface area (Å²) in [6.45, 7) is 3.59. The van der Waals surface area contributed by atoms with Gasteiger partial charge in [0.1, 0.15) is 5.71 Å². The highest BCUT2D eigenvalue weighted by Crippen LogP contribution is 2.27. The van der Waals surface area contributed by atoms with Crippen LogP contribution in [-0.2, 0) is 0 Å². The van der Waals surface area contributed by atoms with E-state index in [2.05, 4.69) is 26.3 Å². The van der Waals surface area contributed by atoms with Crippen LogP contribution in [0.3, 0.4) is 0 Å². The zero-order chi connectivity index (χ0) is 19.7. The fourth-order valence-electron chi connectivity index (χ4n) is 2.99. The Morgan fingerprint density at radius 2 is 1.96 bits per heavy atom.